The molecule has 0 aliphatic carbocycles. The van der Waals surface area contributed by atoms with Gasteiger partial charge >= 0.3 is 0 Å². The maximum atomic E-state index is 13.8. The Bertz CT molecular complexity index is 2590. The van der Waals surface area contributed by atoms with Gasteiger partial charge in [0.25, 0.3) is 11.1 Å². The second-order valence-electron chi connectivity index (χ2n) is 12.1. The van der Waals surface area contributed by atoms with Gasteiger partial charge in [0.2, 0.25) is 21.6 Å². The van der Waals surface area contributed by atoms with Crippen molar-refractivity contribution in [3.8, 4) is 29.0 Å². The molecule has 0 bridgehead atoms. The number of pyridine rings is 2. The monoisotopic (exact) mass is 803 g/mol. The number of hydrogen-bond donors (Lipinski definition) is 3. The van der Waals surface area contributed by atoms with Crippen LogP contribution in [0.5, 0.6) is 11.8 Å². The number of nitrogens with one attached hydrogen (secondary N) is 1. The molecule has 0 saturated carbocycles. The molecule has 56 heavy (non-hydrogen) atoms. The molecule has 4 rings (SSSR count). The molecule has 294 valence electrons. The number of aromatic nitrogens is 2. The second kappa shape index (κ2) is 18.0. The molecule has 0 spiro atoms. The van der Waals surface area contributed by atoms with Crippen LogP contribution in [-0.4, -0.2) is 49.6 Å². The largest absolute Gasteiger partial charge is 0.755 e. The zero-order chi connectivity index (χ0) is 41.5. The topological polar surface area (TPSA) is 252 Å². The maximum absolute atomic E-state index is 13.8. The van der Waals surface area contributed by atoms with Gasteiger partial charge in [0.1, 0.15) is 17.3 Å². The molecular formula is C36H39N10O8S2-. The van der Waals surface area contributed by atoms with Gasteiger partial charge in [-0.05, 0) is 70.4 Å². The number of anilines is 1. The first-order chi connectivity index (χ1) is 26.6. The Kier molecular flexibility index (Phi) is 13.8. The molecule has 0 aliphatic heterocycles. The van der Waals surface area contributed by atoms with Crippen LogP contribution in [-0.2, 0) is 34.4 Å². The number of rotatable bonds is 15. The van der Waals surface area contributed by atoms with Crippen LogP contribution < -0.4 is 20.1 Å². The van der Waals surface area contributed by atoms with Crippen LogP contribution in [0, 0.1) is 31.8 Å². The van der Waals surface area contributed by atoms with Gasteiger partial charge in [-0.3, -0.25) is 22.9 Å². The fraction of sp³-hybridized carbons (Fsp3) is 0.333. The summed E-state index contributed by atoms with van der Waals surface area (Å²) in [6, 6.07) is 10.1. The SMILES string of the molecule is [C-]#[N+]c1c(C)c(N=Nc2ccc(-c3ccc(N=Nc4c(C)c(C#N)c(O)n(CC)c4=O)cc3N(CCC)S(=O)[O-])c(S(=O)(=O)NCCC)c2)c(=O)n(CC)c1O. The lowest BCUT2D eigenvalue weighted by atomic mass is 10.0. The molecule has 2 heterocycles. The molecule has 1 atom stereocenters. The third kappa shape index (κ3) is 8.43. The van der Waals surface area contributed by atoms with Crippen LogP contribution >= 0.6 is 0 Å². The Balaban J connectivity index is 1.97. The highest BCUT2D eigenvalue weighted by molar-refractivity contribution is 7.89. The first-order valence-corrected chi connectivity index (χ1v) is 19.8. The van der Waals surface area contributed by atoms with Gasteiger partial charge in [-0.15, -0.1) is 10.2 Å². The van der Waals surface area contributed by atoms with Crippen molar-refractivity contribution in [1.82, 2.24) is 13.9 Å². The van der Waals surface area contributed by atoms with Crippen LogP contribution in [0.1, 0.15) is 57.2 Å². The Morgan fingerprint density at radius 2 is 1.45 bits per heavy atom. The molecule has 20 heteroatoms. The zero-order valence-electron chi connectivity index (χ0n) is 31.4. The molecular weight excluding hydrogens is 765 g/mol. The average molecular weight is 804 g/mol. The third-order valence-corrected chi connectivity index (χ3v) is 10.9. The maximum Gasteiger partial charge on any atom is 0.281 e. The zero-order valence-corrected chi connectivity index (χ0v) is 33.0. The predicted molar refractivity (Wildman–Crippen MR) is 209 cm³/mol. The summed E-state index contributed by atoms with van der Waals surface area (Å²) in [7, 11) is -4.30. The highest BCUT2D eigenvalue weighted by Gasteiger charge is 2.25. The highest BCUT2D eigenvalue weighted by Crippen LogP contribution is 2.41. The van der Waals surface area contributed by atoms with E-state index in [2.05, 4.69) is 30.0 Å². The molecule has 0 aliphatic rings. The standard InChI is InChI=1S/C36H40N10O8S2/c1-8-16-39-56(53,54)29-19-24(41-43-32-22(6)30(38-7)34(48)45(11-4)36(32)50)13-15-26(29)25-14-12-23(18-28(25)46(17-9-2)55(51)52)40-42-31-21(5)27(20-37)33(47)44(10-3)35(31)49/h12-15,18-19,39,47-48H,8-11,16-17H2,1-6H3,(H,51,52)/p-1. The molecule has 1 unspecified atom stereocenters. The van der Waals surface area contributed by atoms with Crippen molar-refractivity contribution in [2.24, 2.45) is 20.5 Å². The van der Waals surface area contributed by atoms with E-state index in [1.54, 1.807) is 27.7 Å². The van der Waals surface area contributed by atoms with Gasteiger partial charge < -0.3 is 19.1 Å². The molecule has 2 aromatic heterocycles. The Labute approximate surface area is 325 Å². The number of nitrogens with zero attached hydrogens (tertiary/aromatic N) is 9. The first-order valence-electron chi connectivity index (χ1n) is 17.3. The summed E-state index contributed by atoms with van der Waals surface area (Å²) in [5.41, 5.74) is -1.72. The third-order valence-electron chi connectivity index (χ3n) is 8.61. The number of benzene rings is 2. The molecule has 0 radical (unpaired) electrons. The smallest absolute Gasteiger partial charge is 0.281 e. The van der Waals surface area contributed by atoms with E-state index in [0.29, 0.717) is 12.8 Å². The molecule has 2 aromatic carbocycles. The minimum absolute atomic E-state index is 0.00608. The van der Waals surface area contributed by atoms with Crippen LogP contribution in [0.2, 0.25) is 0 Å². The Morgan fingerprint density at radius 3 is 1.96 bits per heavy atom. The van der Waals surface area contributed by atoms with Gasteiger partial charge in [-0.2, -0.15) is 15.5 Å². The van der Waals surface area contributed by atoms with E-state index >= 15 is 0 Å². The van der Waals surface area contributed by atoms with E-state index in [-0.39, 0.29) is 93.0 Å². The van der Waals surface area contributed by atoms with Crippen molar-refractivity contribution in [2.75, 3.05) is 17.4 Å². The van der Waals surface area contributed by atoms with Gasteiger partial charge in [-0.1, -0.05) is 26.0 Å². The van der Waals surface area contributed by atoms with Gasteiger partial charge in [0.05, 0.1) is 28.5 Å². The van der Waals surface area contributed by atoms with E-state index in [9.17, 15) is 42.2 Å². The Morgan fingerprint density at radius 1 is 0.893 bits per heavy atom. The summed E-state index contributed by atoms with van der Waals surface area (Å²) < 4.78 is 58.4. The van der Waals surface area contributed by atoms with E-state index in [0.717, 1.165) is 13.4 Å². The lowest BCUT2D eigenvalue weighted by Gasteiger charge is -2.29. The Hall–Kier alpha value is -6.06. The fourth-order valence-corrected chi connectivity index (χ4v) is 7.75. The lowest BCUT2D eigenvalue weighted by molar-refractivity contribution is 0.409. The van der Waals surface area contributed by atoms with Gasteiger partial charge in [-0.25, -0.2) is 18.0 Å². The summed E-state index contributed by atoms with van der Waals surface area (Å²) in [6.07, 6.45) is 0.818. The summed E-state index contributed by atoms with van der Waals surface area (Å²) in [5.74, 6) is -1.01. The van der Waals surface area contributed by atoms with E-state index in [4.69, 9.17) is 6.57 Å². The number of sulfonamides is 1. The second-order valence-corrected chi connectivity index (χ2v) is 14.7. The molecule has 0 amide bonds. The first kappa shape index (κ1) is 42.7. The minimum atomic E-state index is -4.30. The van der Waals surface area contributed by atoms with Crippen LogP contribution in [0.4, 0.5) is 34.1 Å². The van der Waals surface area contributed by atoms with Crippen molar-refractivity contribution in [3.63, 3.8) is 0 Å². The van der Waals surface area contributed by atoms with Gasteiger partial charge in [0.15, 0.2) is 11.6 Å². The normalized spacial score (nSPS) is 12.2. The molecule has 4 aromatic rings. The van der Waals surface area contributed by atoms with E-state index in [1.807, 2.05) is 6.07 Å². The fourth-order valence-electron chi connectivity index (χ4n) is 5.73. The van der Waals surface area contributed by atoms with Crippen LogP contribution in [0.3, 0.4) is 0 Å². The molecule has 3 N–H and O–H groups in total. The molecule has 0 fully saturated rings. The summed E-state index contributed by atoms with van der Waals surface area (Å²) in [6.45, 7) is 17.2. The number of aromatic hydroxyl groups is 2. The quantitative estimate of drug-likeness (QED) is 0.0656. The van der Waals surface area contributed by atoms with Crippen molar-refractivity contribution in [2.45, 2.75) is 72.4 Å². The highest BCUT2D eigenvalue weighted by atomic mass is 32.2. The van der Waals surface area contributed by atoms with Crippen molar-refractivity contribution < 1.29 is 27.4 Å². The predicted octanol–water partition coefficient (Wildman–Crippen LogP) is 6.70. The molecule has 18 nitrogen and oxygen atoms in total. The summed E-state index contributed by atoms with van der Waals surface area (Å²) in [5, 5.41) is 46.9. The van der Waals surface area contributed by atoms with Crippen LogP contribution in [0.15, 0.2) is 71.3 Å². The lowest BCUT2D eigenvalue weighted by Crippen LogP contribution is -2.27. The van der Waals surface area contributed by atoms with Crippen molar-refractivity contribution >= 4 is 55.4 Å². The summed E-state index contributed by atoms with van der Waals surface area (Å²) >= 11 is -2.85. The van der Waals surface area contributed by atoms with E-state index < -0.39 is 44.2 Å². The number of hydrogen-bond acceptors (Lipinski definition) is 13. The van der Waals surface area contributed by atoms with Crippen molar-refractivity contribution in [3.05, 3.63) is 85.2 Å². The average Bonchev–Trinajstić information content (AvgIpc) is 3.16. The number of nitriles is 1. The van der Waals surface area contributed by atoms with Crippen LogP contribution in [0.25, 0.3) is 16.0 Å². The van der Waals surface area contributed by atoms with E-state index in [1.165, 1.54) is 50.2 Å². The minimum Gasteiger partial charge on any atom is -0.755 e. The van der Waals surface area contributed by atoms with Crippen molar-refractivity contribution in [1.29, 1.82) is 5.26 Å². The number of azo groups is 2. The molecule has 0 saturated heterocycles. The van der Waals surface area contributed by atoms with Gasteiger partial charge in [0, 0.05) is 54.1 Å². The summed E-state index contributed by atoms with van der Waals surface area (Å²) in [4.78, 5) is 29.2.